The summed E-state index contributed by atoms with van der Waals surface area (Å²) in [5.41, 5.74) is 0.0843. The SMILES string of the molecule is CCN(CC(C)C(=O)OC)C(=O)c1cccc([N+](=O)[O-])c1. The molecule has 7 heteroatoms. The van der Waals surface area contributed by atoms with E-state index < -0.39 is 16.8 Å². The molecule has 1 unspecified atom stereocenters. The Morgan fingerprint density at radius 3 is 2.62 bits per heavy atom. The van der Waals surface area contributed by atoms with Crippen LogP contribution in [0.2, 0.25) is 0 Å². The van der Waals surface area contributed by atoms with E-state index in [9.17, 15) is 19.7 Å². The van der Waals surface area contributed by atoms with Gasteiger partial charge in [-0.1, -0.05) is 13.0 Å². The summed E-state index contributed by atoms with van der Waals surface area (Å²) in [7, 11) is 1.29. The number of carbonyl (C=O) groups is 2. The average Bonchev–Trinajstić information content (AvgIpc) is 2.50. The fraction of sp³-hybridized carbons (Fsp3) is 0.429. The second kappa shape index (κ2) is 7.37. The Morgan fingerprint density at radius 2 is 2.10 bits per heavy atom. The van der Waals surface area contributed by atoms with E-state index in [-0.39, 0.29) is 23.7 Å². The van der Waals surface area contributed by atoms with Gasteiger partial charge in [-0.3, -0.25) is 19.7 Å². The van der Waals surface area contributed by atoms with Crippen LogP contribution in [-0.4, -0.2) is 41.9 Å². The maximum Gasteiger partial charge on any atom is 0.310 e. The standard InChI is InChI=1S/C14H18N2O5/c1-4-15(9-10(2)14(18)21-3)13(17)11-6-5-7-12(8-11)16(19)20/h5-8,10H,4,9H2,1-3H3. The van der Waals surface area contributed by atoms with Crippen LogP contribution in [0.3, 0.4) is 0 Å². The van der Waals surface area contributed by atoms with Crippen LogP contribution in [-0.2, 0) is 9.53 Å². The third-order valence-electron chi connectivity index (χ3n) is 3.07. The minimum atomic E-state index is -0.551. The molecule has 0 aliphatic carbocycles. The summed E-state index contributed by atoms with van der Waals surface area (Å²) in [5.74, 6) is -1.21. The zero-order valence-corrected chi connectivity index (χ0v) is 12.2. The van der Waals surface area contributed by atoms with Crippen LogP contribution < -0.4 is 0 Å². The van der Waals surface area contributed by atoms with Gasteiger partial charge in [0.05, 0.1) is 18.0 Å². The lowest BCUT2D eigenvalue weighted by Gasteiger charge is -2.23. The van der Waals surface area contributed by atoms with Gasteiger partial charge in [-0.2, -0.15) is 0 Å². The highest BCUT2D eigenvalue weighted by Gasteiger charge is 2.22. The monoisotopic (exact) mass is 294 g/mol. The highest BCUT2D eigenvalue weighted by Crippen LogP contribution is 2.15. The molecule has 0 saturated heterocycles. The van der Waals surface area contributed by atoms with E-state index in [2.05, 4.69) is 4.74 Å². The number of rotatable bonds is 6. The number of esters is 1. The van der Waals surface area contributed by atoms with Crippen LogP contribution in [0.4, 0.5) is 5.69 Å². The molecule has 1 aromatic carbocycles. The third-order valence-corrected chi connectivity index (χ3v) is 3.07. The van der Waals surface area contributed by atoms with Gasteiger partial charge in [0.2, 0.25) is 0 Å². The Labute approximate surface area is 122 Å². The Hall–Kier alpha value is -2.44. The molecule has 0 heterocycles. The van der Waals surface area contributed by atoms with Gasteiger partial charge in [0.15, 0.2) is 0 Å². The van der Waals surface area contributed by atoms with Crippen molar-refractivity contribution >= 4 is 17.6 Å². The molecule has 1 aromatic rings. The van der Waals surface area contributed by atoms with E-state index in [1.807, 2.05) is 0 Å². The quantitative estimate of drug-likeness (QED) is 0.454. The number of nitro benzene ring substituents is 1. The van der Waals surface area contributed by atoms with Crippen molar-refractivity contribution in [1.29, 1.82) is 0 Å². The Kier molecular flexibility index (Phi) is 5.83. The molecular weight excluding hydrogens is 276 g/mol. The van der Waals surface area contributed by atoms with Crippen molar-refractivity contribution in [2.24, 2.45) is 5.92 Å². The van der Waals surface area contributed by atoms with Crippen LogP contribution in [0.1, 0.15) is 24.2 Å². The molecule has 0 spiro atoms. The molecule has 1 rings (SSSR count). The number of benzene rings is 1. The minimum absolute atomic E-state index is 0.141. The van der Waals surface area contributed by atoms with Crippen molar-refractivity contribution in [2.45, 2.75) is 13.8 Å². The number of methoxy groups -OCH3 is 1. The van der Waals surface area contributed by atoms with E-state index >= 15 is 0 Å². The minimum Gasteiger partial charge on any atom is -0.469 e. The first-order valence-corrected chi connectivity index (χ1v) is 6.52. The lowest BCUT2D eigenvalue weighted by atomic mass is 10.1. The molecule has 0 aliphatic rings. The normalized spacial score (nSPS) is 11.6. The fourth-order valence-electron chi connectivity index (χ4n) is 1.90. The lowest BCUT2D eigenvalue weighted by molar-refractivity contribution is -0.384. The number of hydrogen-bond acceptors (Lipinski definition) is 5. The third kappa shape index (κ3) is 4.27. The number of hydrogen-bond donors (Lipinski definition) is 0. The summed E-state index contributed by atoms with van der Waals surface area (Å²) >= 11 is 0. The molecule has 114 valence electrons. The molecular formula is C14H18N2O5. The molecule has 0 N–H and O–H groups in total. The van der Waals surface area contributed by atoms with Gasteiger partial charge >= 0.3 is 5.97 Å². The van der Waals surface area contributed by atoms with Gasteiger partial charge in [0.1, 0.15) is 0 Å². The second-order valence-corrected chi connectivity index (χ2v) is 4.58. The van der Waals surface area contributed by atoms with Gasteiger partial charge in [-0.15, -0.1) is 0 Å². The van der Waals surface area contributed by atoms with Crippen LogP contribution in [0.25, 0.3) is 0 Å². The molecule has 1 amide bonds. The van der Waals surface area contributed by atoms with Crippen molar-refractivity contribution in [3.05, 3.63) is 39.9 Å². The van der Waals surface area contributed by atoms with Crippen molar-refractivity contribution in [1.82, 2.24) is 4.90 Å². The Balaban J connectivity index is 2.91. The maximum absolute atomic E-state index is 12.3. The van der Waals surface area contributed by atoms with Crippen molar-refractivity contribution in [3.63, 3.8) is 0 Å². The lowest BCUT2D eigenvalue weighted by Crippen LogP contribution is -2.37. The number of non-ortho nitro benzene ring substituents is 1. The van der Waals surface area contributed by atoms with Crippen molar-refractivity contribution < 1.29 is 19.2 Å². The van der Waals surface area contributed by atoms with Gasteiger partial charge in [-0.05, 0) is 13.0 Å². The largest absolute Gasteiger partial charge is 0.469 e. The molecule has 7 nitrogen and oxygen atoms in total. The predicted octanol–water partition coefficient (Wildman–Crippen LogP) is 1.87. The van der Waals surface area contributed by atoms with E-state index in [1.54, 1.807) is 13.8 Å². The number of ether oxygens (including phenoxy) is 1. The van der Waals surface area contributed by atoms with Crippen LogP contribution in [0, 0.1) is 16.0 Å². The van der Waals surface area contributed by atoms with E-state index in [0.717, 1.165) is 0 Å². The fourth-order valence-corrected chi connectivity index (χ4v) is 1.90. The molecule has 0 bridgehead atoms. The average molecular weight is 294 g/mol. The second-order valence-electron chi connectivity index (χ2n) is 4.58. The van der Waals surface area contributed by atoms with E-state index in [0.29, 0.717) is 6.54 Å². The summed E-state index contributed by atoms with van der Waals surface area (Å²) in [6.07, 6.45) is 0. The highest BCUT2D eigenvalue weighted by molar-refractivity contribution is 5.95. The first-order valence-electron chi connectivity index (χ1n) is 6.52. The summed E-state index contributed by atoms with van der Waals surface area (Å²) < 4.78 is 4.63. The molecule has 0 aromatic heterocycles. The summed E-state index contributed by atoms with van der Waals surface area (Å²) in [6.45, 7) is 4.03. The molecule has 1 atom stereocenters. The van der Waals surface area contributed by atoms with E-state index in [1.165, 1.54) is 36.3 Å². The molecule has 0 radical (unpaired) electrons. The first-order chi connectivity index (χ1) is 9.90. The number of nitrogens with zero attached hydrogens (tertiary/aromatic N) is 2. The van der Waals surface area contributed by atoms with Crippen LogP contribution in [0.5, 0.6) is 0 Å². The summed E-state index contributed by atoms with van der Waals surface area (Å²) in [4.78, 5) is 35.4. The number of amides is 1. The van der Waals surface area contributed by atoms with Crippen molar-refractivity contribution in [3.8, 4) is 0 Å². The number of carbonyl (C=O) groups excluding carboxylic acids is 2. The Morgan fingerprint density at radius 1 is 1.43 bits per heavy atom. The topological polar surface area (TPSA) is 89.8 Å². The van der Waals surface area contributed by atoms with Crippen LogP contribution in [0.15, 0.2) is 24.3 Å². The molecule has 0 fully saturated rings. The van der Waals surface area contributed by atoms with Gasteiger partial charge in [0.25, 0.3) is 11.6 Å². The smallest absolute Gasteiger partial charge is 0.310 e. The summed E-state index contributed by atoms with van der Waals surface area (Å²) in [6, 6.07) is 5.53. The van der Waals surface area contributed by atoms with Crippen LogP contribution >= 0.6 is 0 Å². The highest BCUT2D eigenvalue weighted by atomic mass is 16.6. The Bertz CT molecular complexity index is 544. The molecule has 0 aliphatic heterocycles. The summed E-state index contributed by atoms with van der Waals surface area (Å²) in [5, 5.41) is 10.7. The van der Waals surface area contributed by atoms with Gasteiger partial charge in [0, 0.05) is 30.8 Å². The zero-order valence-electron chi connectivity index (χ0n) is 12.2. The van der Waals surface area contributed by atoms with E-state index in [4.69, 9.17) is 0 Å². The van der Waals surface area contributed by atoms with Gasteiger partial charge < -0.3 is 9.64 Å². The molecule has 0 saturated carbocycles. The zero-order chi connectivity index (χ0) is 16.0. The molecule has 21 heavy (non-hydrogen) atoms. The van der Waals surface area contributed by atoms with Crippen molar-refractivity contribution in [2.75, 3.05) is 20.2 Å². The number of nitro groups is 1. The maximum atomic E-state index is 12.3. The first kappa shape index (κ1) is 16.6. The van der Waals surface area contributed by atoms with Gasteiger partial charge in [-0.25, -0.2) is 0 Å². The predicted molar refractivity (Wildman–Crippen MR) is 75.9 cm³/mol.